The van der Waals surface area contributed by atoms with E-state index in [1.165, 1.54) is 0 Å². The number of rotatable bonds is 3. The highest BCUT2D eigenvalue weighted by molar-refractivity contribution is 5.79. The van der Waals surface area contributed by atoms with Gasteiger partial charge >= 0.3 is 0 Å². The summed E-state index contributed by atoms with van der Waals surface area (Å²) < 4.78 is 7.61. The fourth-order valence-corrected chi connectivity index (χ4v) is 3.16. The normalized spacial score (nSPS) is 16.6. The van der Waals surface area contributed by atoms with Crippen molar-refractivity contribution < 1.29 is 9.53 Å². The minimum absolute atomic E-state index is 0.118. The fraction of sp³-hybridized carbons (Fsp3) is 0.444. The summed E-state index contributed by atoms with van der Waals surface area (Å²) in [6, 6.07) is 7.94. The lowest BCUT2D eigenvalue weighted by molar-refractivity contribution is -0.136. The second-order valence-electron chi connectivity index (χ2n) is 6.29. The maximum atomic E-state index is 12.8. The molecule has 1 aliphatic rings. The Hall–Kier alpha value is -2.30. The first kappa shape index (κ1) is 15.6. The maximum absolute atomic E-state index is 12.8. The van der Waals surface area contributed by atoms with Gasteiger partial charge in [0.05, 0.1) is 11.6 Å². The van der Waals surface area contributed by atoms with Crippen LogP contribution >= 0.6 is 0 Å². The van der Waals surface area contributed by atoms with Gasteiger partial charge in [-0.2, -0.15) is 5.10 Å². The lowest BCUT2D eigenvalue weighted by Crippen LogP contribution is -2.38. The van der Waals surface area contributed by atoms with Crippen LogP contribution in [0.25, 0.3) is 0 Å². The number of fused-ring (bicyclic) bond motifs is 1. The van der Waals surface area contributed by atoms with E-state index in [9.17, 15) is 4.79 Å². The van der Waals surface area contributed by atoms with Crippen molar-refractivity contribution in [2.75, 3.05) is 13.7 Å². The Morgan fingerprint density at radius 2 is 2.13 bits per heavy atom. The van der Waals surface area contributed by atoms with Gasteiger partial charge in [-0.15, -0.1) is 0 Å². The largest absolute Gasteiger partial charge is 0.492 e. The van der Waals surface area contributed by atoms with Crippen molar-refractivity contribution >= 4 is 5.91 Å². The summed E-state index contributed by atoms with van der Waals surface area (Å²) in [6.45, 7) is 5.06. The third kappa shape index (κ3) is 2.96. The summed E-state index contributed by atoms with van der Waals surface area (Å²) in [4.78, 5) is 14.6. The number of benzene rings is 1. The first-order valence-electron chi connectivity index (χ1n) is 7.92. The molecule has 5 heteroatoms. The Labute approximate surface area is 136 Å². The lowest BCUT2D eigenvalue weighted by atomic mass is 9.95. The van der Waals surface area contributed by atoms with Crippen molar-refractivity contribution in [3.05, 3.63) is 46.8 Å². The van der Waals surface area contributed by atoms with Gasteiger partial charge in [0.25, 0.3) is 0 Å². The summed E-state index contributed by atoms with van der Waals surface area (Å²) in [7, 11) is 3.79. The molecule has 0 saturated heterocycles. The van der Waals surface area contributed by atoms with Crippen molar-refractivity contribution in [3.63, 3.8) is 0 Å². The predicted octanol–water partition coefficient (Wildman–Crippen LogP) is 2.25. The van der Waals surface area contributed by atoms with Crippen molar-refractivity contribution in [2.45, 2.75) is 26.8 Å². The van der Waals surface area contributed by atoms with E-state index < -0.39 is 0 Å². The Morgan fingerprint density at radius 1 is 1.39 bits per heavy atom. The lowest BCUT2D eigenvalue weighted by Gasteiger charge is -2.28. The third-order valence-electron chi connectivity index (χ3n) is 4.66. The van der Waals surface area contributed by atoms with Gasteiger partial charge < -0.3 is 9.64 Å². The molecule has 2 aromatic rings. The zero-order valence-electron chi connectivity index (χ0n) is 14.2. The SMILES string of the molecule is Cc1nn(C)c(C)c1CN(C)C(=O)[C@H]1COc2ccccc2C1. The molecule has 0 spiro atoms. The Kier molecular flexibility index (Phi) is 4.11. The van der Waals surface area contributed by atoms with Crippen LogP contribution in [0, 0.1) is 19.8 Å². The second kappa shape index (κ2) is 6.07. The Balaban J connectivity index is 1.71. The van der Waals surface area contributed by atoms with Crippen LogP contribution in [0.5, 0.6) is 5.75 Å². The molecule has 0 saturated carbocycles. The minimum atomic E-state index is -0.118. The molecule has 0 fully saturated rings. The molecule has 1 amide bonds. The topological polar surface area (TPSA) is 47.4 Å². The quantitative estimate of drug-likeness (QED) is 0.873. The monoisotopic (exact) mass is 313 g/mol. The number of hydrogen-bond donors (Lipinski definition) is 0. The second-order valence-corrected chi connectivity index (χ2v) is 6.29. The van der Waals surface area contributed by atoms with Gasteiger partial charge in [-0.25, -0.2) is 0 Å². The third-order valence-corrected chi connectivity index (χ3v) is 4.66. The molecule has 3 rings (SSSR count). The molecular formula is C18H23N3O2. The molecular weight excluding hydrogens is 290 g/mol. The number of carbonyl (C=O) groups excluding carboxylic acids is 1. The van der Waals surface area contributed by atoms with Gasteiger partial charge in [0.15, 0.2) is 0 Å². The van der Waals surface area contributed by atoms with Gasteiger partial charge in [0.1, 0.15) is 12.4 Å². The molecule has 0 bridgehead atoms. The Morgan fingerprint density at radius 3 is 2.83 bits per heavy atom. The summed E-state index contributed by atoms with van der Waals surface area (Å²) in [5.74, 6) is 0.910. The van der Waals surface area contributed by atoms with Crippen LogP contribution in [0.4, 0.5) is 0 Å². The number of nitrogens with zero attached hydrogens (tertiary/aromatic N) is 3. The van der Waals surface area contributed by atoms with Gasteiger partial charge in [-0.1, -0.05) is 18.2 Å². The van der Waals surface area contributed by atoms with E-state index in [1.54, 1.807) is 4.90 Å². The number of aromatic nitrogens is 2. The van der Waals surface area contributed by atoms with Crippen LogP contribution in [-0.4, -0.2) is 34.2 Å². The van der Waals surface area contributed by atoms with Crippen LogP contribution in [0.15, 0.2) is 24.3 Å². The number of para-hydroxylation sites is 1. The molecule has 0 aliphatic carbocycles. The van der Waals surface area contributed by atoms with E-state index in [2.05, 4.69) is 5.10 Å². The molecule has 122 valence electrons. The minimum Gasteiger partial charge on any atom is -0.492 e. The zero-order chi connectivity index (χ0) is 16.6. The Bertz CT molecular complexity index is 736. The van der Waals surface area contributed by atoms with E-state index in [0.717, 1.165) is 34.7 Å². The first-order chi connectivity index (χ1) is 11.0. The molecule has 0 unspecified atom stereocenters. The molecule has 1 aromatic carbocycles. The van der Waals surface area contributed by atoms with Crippen LogP contribution in [0.3, 0.4) is 0 Å². The highest BCUT2D eigenvalue weighted by Gasteiger charge is 2.28. The molecule has 5 nitrogen and oxygen atoms in total. The zero-order valence-corrected chi connectivity index (χ0v) is 14.2. The van der Waals surface area contributed by atoms with Gasteiger partial charge in [-0.3, -0.25) is 9.48 Å². The van der Waals surface area contributed by atoms with Gasteiger partial charge in [0.2, 0.25) is 5.91 Å². The summed E-state index contributed by atoms with van der Waals surface area (Å²) in [5, 5.41) is 4.42. The van der Waals surface area contributed by atoms with E-state index >= 15 is 0 Å². The van der Waals surface area contributed by atoms with Gasteiger partial charge in [-0.05, 0) is 31.9 Å². The summed E-state index contributed by atoms with van der Waals surface area (Å²) in [6.07, 6.45) is 0.740. The summed E-state index contributed by atoms with van der Waals surface area (Å²) >= 11 is 0. The van der Waals surface area contributed by atoms with Gasteiger partial charge in [0, 0.05) is 31.9 Å². The average Bonchev–Trinajstić information content (AvgIpc) is 2.80. The van der Waals surface area contributed by atoms with Crippen molar-refractivity contribution in [1.82, 2.24) is 14.7 Å². The molecule has 1 atom stereocenters. The number of hydrogen-bond acceptors (Lipinski definition) is 3. The van der Waals surface area contributed by atoms with Crippen molar-refractivity contribution in [3.8, 4) is 5.75 Å². The molecule has 1 aliphatic heterocycles. The number of ether oxygens (including phenoxy) is 1. The number of carbonyl (C=O) groups is 1. The maximum Gasteiger partial charge on any atom is 0.229 e. The molecule has 2 heterocycles. The molecule has 0 radical (unpaired) electrons. The fourth-order valence-electron chi connectivity index (χ4n) is 3.16. The van der Waals surface area contributed by atoms with Crippen LogP contribution in [-0.2, 0) is 24.8 Å². The highest BCUT2D eigenvalue weighted by atomic mass is 16.5. The van der Waals surface area contributed by atoms with E-state index in [-0.39, 0.29) is 11.8 Å². The highest BCUT2D eigenvalue weighted by Crippen LogP contribution is 2.28. The summed E-state index contributed by atoms with van der Waals surface area (Å²) in [5.41, 5.74) is 4.32. The molecule has 23 heavy (non-hydrogen) atoms. The van der Waals surface area contributed by atoms with Crippen LogP contribution in [0.1, 0.15) is 22.5 Å². The standard InChI is InChI=1S/C18H23N3O2/c1-12-16(13(2)21(4)19-12)10-20(3)18(22)15-9-14-7-5-6-8-17(14)23-11-15/h5-8,15H,9-11H2,1-4H3/t15-/m1/s1. The molecule has 0 N–H and O–H groups in total. The van der Waals surface area contributed by atoms with E-state index in [4.69, 9.17) is 4.74 Å². The predicted molar refractivity (Wildman–Crippen MR) is 88.3 cm³/mol. The van der Waals surface area contributed by atoms with Crippen LogP contribution in [0.2, 0.25) is 0 Å². The average molecular weight is 313 g/mol. The number of aryl methyl sites for hydroxylation is 2. The van der Waals surface area contributed by atoms with E-state index in [0.29, 0.717) is 13.2 Å². The van der Waals surface area contributed by atoms with Crippen LogP contribution < -0.4 is 4.74 Å². The first-order valence-corrected chi connectivity index (χ1v) is 7.92. The number of amides is 1. The van der Waals surface area contributed by atoms with Crippen molar-refractivity contribution in [1.29, 1.82) is 0 Å². The smallest absolute Gasteiger partial charge is 0.229 e. The van der Waals surface area contributed by atoms with E-state index in [1.807, 2.05) is 56.9 Å². The molecule has 1 aromatic heterocycles. The van der Waals surface area contributed by atoms with Crippen molar-refractivity contribution in [2.24, 2.45) is 13.0 Å².